The van der Waals surface area contributed by atoms with Gasteiger partial charge in [0.25, 0.3) is 5.91 Å². The first-order chi connectivity index (χ1) is 10.1. The van der Waals surface area contributed by atoms with Crippen LogP contribution in [0.3, 0.4) is 0 Å². The van der Waals surface area contributed by atoms with E-state index in [2.05, 4.69) is 5.32 Å². The second kappa shape index (κ2) is 7.09. The Balaban J connectivity index is 1.89. The number of benzene rings is 2. The number of carboxylic acid groups (broad SMARTS) is 1. The van der Waals surface area contributed by atoms with Crippen LogP contribution in [0.4, 0.5) is 0 Å². The van der Waals surface area contributed by atoms with Crippen molar-refractivity contribution in [1.82, 2.24) is 5.32 Å². The Hall–Kier alpha value is -2.82. The van der Waals surface area contributed by atoms with Crippen LogP contribution in [-0.4, -0.2) is 23.5 Å². The predicted octanol–water partition coefficient (Wildman–Crippen LogP) is 2.08. The third-order valence-corrected chi connectivity index (χ3v) is 2.77. The molecule has 0 aromatic heterocycles. The first-order valence-electron chi connectivity index (χ1n) is 6.42. The number of nitrogens with one attached hydrogen (secondary N) is 1. The van der Waals surface area contributed by atoms with E-state index in [4.69, 9.17) is 9.84 Å². The van der Waals surface area contributed by atoms with Crippen LogP contribution in [0.15, 0.2) is 54.6 Å². The van der Waals surface area contributed by atoms with E-state index in [-0.39, 0.29) is 0 Å². The monoisotopic (exact) mass is 285 g/mol. The molecule has 0 bridgehead atoms. The predicted molar refractivity (Wildman–Crippen MR) is 77.2 cm³/mol. The zero-order valence-electron chi connectivity index (χ0n) is 11.3. The molecule has 0 aliphatic carbocycles. The molecule has 108 valence electrons. The van der Waals surface area contributed by atoms with Crippen molar-refractivity contribution in [2.75, 3.05) is 6.54 Å². The average Bonchev–Trinajstić information content (AvgIpc) is 2.52. The van der Waals surface area contributed by atoms with Crippen LogP contribution >= 0.6 is 0 Å². The Morgan fingerprint density at radius 3 is 2.29 bits per heavy atom. The second-order valence-electron chi connectivity index (χ2n) is 4.38. The zero-order chi connectivity index (χ0) is 15.1. The minimum absolute atomic E-state index is 0.391. The maximum atomic E-state index is 11.6. The van der Waals surface area contributed by atoms with Gasteiger partial charge in [0.1, 0.15) is 18.9 Å². The lowest BCUT2D eigenvalue weighted by Crippen LogP contribution is -2.29. The number of carbonyl (C=O) groups excluding carboxylic acids is 1. The van der Waals surface area contributed by atoms with Gasteiger partial charge in [0.05, 0.1) is 0 Å². The largest absolute Gasteiger partial charge is 0.489 e. The molecule has 0 saturated carbocycles. The molecule has 0 unspecified atom stereocenters. The van der Waals surface area contributed by atoms with Gasteiger partial charge in [-0.3, -0.25) is 9.59 Å². The molecule has 0 spiro atoms. The normalized spacial score (nSPS) is 9.90. The molecule has 1 amide bonds. The Labute approximate surface area is 122 Å². The summed E-state index contributed by atoms with van der Waals surface area (Å²) in [5, 5.41) is 10.8. The fourth-order valence-corrected chi connectivity index (χ4v) is 1.69. The van der Waals surface area contributed by atoms with E-state index in [0.717, 1.165) is 11.3 Å². The lowest BCUT2D eigenvalue weighted by Gasteiger charge is -2.07. The molecule has 0 heterocycles. The number of carbonyl (C=O) groups is 2. The summed E-state index contributed by atoms with van der Waals surface area (Å²) < 4.78 is 5.59. The molecule has 2 rings (SSSR count). The number of hydrogen-bond donors (Lipinski definition) is 2. The van der Waals surface area contributed by atoms with E-state index >= 15 is 0 Å². The molecule has 2 aromatic rings. The van der Waals surface area contributed by atoms with E-state index in [1.54, 1.807) is 24.3 Å². The van der Waals surface area contributed by atoms with Gasteiger partial charge in [0, 0.05) is 5.56 Å². The lowest BCUT2D eigenvalue weighted by molar-refractivity contribution is -0.135. The molecule has 5 heteroatoms. The highest BCUT2D eigenvalue weighted by Gasteiger charge is 2.06. The highest BCUT2D eigenvalue weighted by atomic mass is 16.5. The summed E-state index contributed by atoms with van der Waals surface area (Å²) >= 11 is 0. The van der Waals surface area contributed by atoms with Gasteiger partial charge >= 0.3 is 5.97 Å². The van der Waals surface area contributed by atoms with Gasteiger partial charge in [0.2, 0.25) is 0 Å². The van der Waals surface area contributed by atoms with Gasteiger partial charge in [-0.2, -0.15) is 0 Å². The summed E-state index contributed by atoms with van der Waals surface area (Å²) in [4.78, 5) is 22.0. The van der Waals surface area contributed by atoms with Crippen LogP contribution in [-0.2, 0) is 11.4 Å². The highest BCUT2D eigenvalue weighted by Crippen LogP contribution is 2.12. The van der Waals surface area contributed by atoms with E-state index in [1.165, 1.54) is 0 Å². The molecule has 0 saturated heterocycles. The SMILES string of the molecule is O=C(O)CNC(=O)c1ccc(COc2ccccc2)cc1. The third kappa shape index (κ3) is 4.65. The van der Waals surface area contributed by atoms with Crippen LogP contribution in [0.2, 0.25) is 0 Å². The Morgan fingerprint density at radius 2 is 1.67 bits per heavy atom. The van der Waals surface area contributed by atoms with E-state index in [1.807, 2.05) is 30.3 Å². The third-order valence-electron chi connectivity index (χ3n) is 2.77. The molecule has 5 nitrogen and oxygen atoms in total. The summed E-state index contributed by atoms with van der Waals surface area (Å²) in [5.41, 5.74) is 1.34. The smallest absolute Gasteiger partial charge is 0.322 e. The highest BCUT2D eigenvalue weighted by molar-refractivity contribution is 5.95. The van der Waals surface area contributed by atoms with Crippen molar-refractivity contribution >= 4 is 11.9 Å². The van der Waals surface area contributed by atoms with Crippen molar-refractivity contribution < 1.29 is 19.4 Å². The number of amides is 1. The molecule has 0 aliphatic rings. The van der Waals surface area contributed by atoms with Crippen molar-refractivity contribution in [2.45, 2.75) is 6.61 Å². The Morgan fingerprint density at radius 1 is 1.00 bits per heavy atom. The Bertz CT molecular complexity index is 608. The molecule has 0 radical (unpaired) electrons. The first-order valence-corrected chi connectivity index (χ1v) is 6.42. The number of carboxylic acids is 1. The minimum Gasteiger partial charge on any atom is -0.489 e. The van der Waals surface area contributed by atoms with E-state index in [9.17, 15) is 9.59 Å². The van der Waals surface area contributed by atoms with Crippen molar-refractivity contribution in [3.05, 3.63) is 65.7 Å². The van der Waals surface area contributed by atoms with Gasteiger partial charge < -0.3 is 15.2 Å². The summed E-state index contributed by atoms with van der Waals surface area (Å²) in [6, 6.07) is 16.3. The summed E-state index contributed by atoms with van der Waals surface area (Å²) in [6.07, 6.45) is 0. The fraction of sp³-hybridized carbons (Fsp3) is 0.125. The molecule has 0 fully saturated rings. The quantitative estimate of drug-likeness (QED) is 0.852. The van der Waals surface area contributed by atoms with E-state index < -0.39 is 18.4 Å². The van der Waals surface area contributed by atoms with Gasteiger partial charge in [-0.05, 0) is 29.8 Å². The van der Waals surface area contributed by atoms with Gasteiger partial charge in [-0.15, -0.1) is 0 Å². The number of hydrogen-bond acceptors (Lipinski definition) is 3. The number of para-hydroxylation sites is 1. The van der Waals surface area contributed by atoms with E-state index in [0.29, 0.717) is 12.2 Å². The molecule has 2 aromatic carbocycles. The van der Waals surface area contributed by atoms with Crippen LogP contribution in [0.5, 0.6) is 5.75 Å². The number of aliphatic carboxylic acids is 1. The molecule has 2 N–H and O–H groups in total. The number of ether oxygens (including phenoxy) is 1. The molecular formula is C16H15NO4. The number of rotatable bonds is 6. The fourth-order valence-electron chi connectivity index (χ4n) is 1.69. The summed E-state index contributed by atoms with van der Waals surface area (Å²) in [5.74, 6) is -0.704. The zero-order valence-corrected chi connectivity index (χ0v) is 11.3. The molecular weight excluding hydrogens is 270 g/mol. The van der Waals surface area contributed by atoms with Crippen molar-refractivity contribution in [3.63, 3.8) is 0 Å². The topological polar surface area (TPSA) is 75.6 Å². The summed E-state index contributed by atoms with van der Waals surface area (Å²) in [6.45, 7) is 0.0126. The van der Waals surface area contributed by atoms with Gasteiger partial charge in [0.15, 0.2) is 0 Å². The molecule has 0 atom stereocenters. The summed E-state index contributed by atoms with van der Waals surface area (Å²) in [7, 11) is 0. The van der Waals surface area contributed by atoms with Crippen molar-refractivity contribution in [3.8, 4) is 5.75 Å². The van der Waals surface area contributed by atoms with Crippen LogP contribution in [0.1, 0.15) is 15.9 Å². The maximum Gasteiger partial charge on any atom is 0.322 e. The first kappa shape index (κ1) is 14.6. The van der Waals surface area contributed by atoms with Gasteiger partial charge in [-0.1, -0.05) is 30.3 Å². The van der Waals surface area contributed by atoms with Crippen molar-refractivity contribution in [1.29, 1.82) is 0 Å². The van der Waals surface area contributed by atoms with Crippen LogP contribution in [0.25, 0.3) is 0 Å². The van der Waals surface area contributed by atoms with Gasteiger partial charge in [-0.25, -0.2) is 0 Å². The standard InChI is InChI=1S/C16H15NO4/c18-15(19)10-17-16(20)13-8-6-12(7-9-13)11-21-14-4-2-1-3-5-14/h1-9H,10-11H2,(H,17,20)(H,18,19). The van der Waals surface area contributed by atoms with Crippen LogP contribution in [0, 0.1) is 0 Å². The average molecular weight is 285 g/mol. The van der Waals surface area contributed by atoms with Crippen LogP contribution < -0.4 is 10.1 Å². The maximum absolute atomic E-state index is 11.6. The lowest BCUT2D eigenvalue weighted by atomic mass is 10.1. The molecule has 0 aliphatic heterocycles. The second-order valence-corrected chi connectivity index (χ2v) is 4.38. The minimum atomic E-state index is -1.07. The Kier molecular flexibility index (Phi) is 4.93. The van der Waals surface area contributed by atoms with Crippen molar-refractivity contribution in [2.24, 2.45) is 0 Å². The molecule has 21 heavy (non-hydrogen) atoms.